The number of rotatable bonds is 4. The average Bonchev–Trinajstić information content (AvgIpc) is 3.39. The lowest BCUT2D eigenvalue weighted by Gasteiger charge is -2.42. The van der Waals surface area contributed by atoms with Gasteiger partial charge < -0.3 is 15.5 Å². The molecule has 1 aliphatic carbocycles. The molecule has 5 nitrogen and oxygen atoms in total. The van der Waals surface area contributed by atoms with Gasteiger partial charge >= 0.3 is 0 Å². The second-order valence-electron chi connectivity index (χ2n) is 10.4. The minimum Gasteiger partial charge on any atom is -0.378 e. The van der Waals surface area contributed by atoms with Crippen LogP contribution in [-0.4, -0.2) is 29.3 Å². The number of benzene rings is 3. The monoisotopic (exact) mass is 479 g/mol. The molecule has 3 aromatic carbocycles. The lowest BCUT2D eigenvalue weighted by Crippen LogP contribution is -2.50. The van der Waals surface area contributed by atoms with Crippen molar-refractivity contribution in [1.29, 1.82) is 0 Å². The highest BCUT2D eigenvalue weighted by molar-refractivity contribution is 5.95. The molecule has 0 bridgehead atoms. The normalized spacial score (nSPS) is 26.9. The van der Waals surface area contributed by atoms with Crippen LogP contribution in [0.1, 0.15) is 65.7 Å². The zero-order valence-corrected chi connectivity index (χ0v) is 20.5. The van der Waals surface area contributed by atoms with Crippen molar-refractivity contribution in [2.75, 3.05) is 11.9 Å². The van der Waals surface area contributed by atoms with Crippen LogP contribution >= 0.6 is 0 Å². The third kappa shape index (κ3) is 4.17. The van der Waals surface area contributed by atoms with Gasteiger partial charge in [-0.15, -0.1) is 0 Å². The third-order valence-corrected chi connectivity index (χ3v) is 8.34. The summed E-state index contributed by atoms with van der Waals surface area (Å²) in [5.74, 6) is 0.245. The van der Waals surface area contributed by atoms with Crippen LogP contribution in [-0.2, 0) is 4.79 Å². The van der Waals surface area contributed by atoms with E-state index in [0.29, 0.717) is 11.5 Å². The molecule has 3 aliphatic rings. The van der Waals surface area contributed by atoms with Crippen LogP contribution in [0.3, 0.4) is 0 Å². The maximum Gasteiger partial charge on any atom is 0.251 e. The molecule has 5 heteroatoms. The van der Waals surface area contributed by atoms with Crippen molar-refractivity contribution in [3.8, 4) is 0 Å². The number of hydrogen-bond acceptors (Lipinski definition) is 3. The first-order valence-electron chi connectivity index (χ1n) is 13.3. The molecule has 2 fully saturated rings. The lowest BCUT2D eigenvalue weighted by molar-refractivity contribution is -0.138. The minimum atomic E-state index is -0.178. The summed E-state index contributed by atoms with van der Waals surface area (Å²) in [7, 11) is 0. The molecule has 184 valence electrons. The van der Waals surface area contributed by atoms with Crippen LogP contribution in [0.25, 0.3) is 0 Å². The number of anilines is 1. The molecular weight excluding hydrogens is 446 g/mol. The van der Waals surface area contributed by atoms with Crippen molar-refractivity contribution >= 4 is 17.5 Å². The summed E-state index contributed by atoms with van der Waals surface area (Å²) in [5.41, 5.74) is 4.24. The van der Waals surface area contributed by atoms with Crippen LogP contribution in [0, 0.1) is 11.8 Å². The summed E-state index contributed by atoms with van der Waals surface area (Å²) in [6.45, 7) is 0.753. The van der Waals surface area contributed by atoms with E-state index < -0.39 is 0 Å². The first-order valence-corrected chi connectivity index (χ1v) is 13.3. The molecule has 3 aromatic rings. The van der Waals surface area contributed by atoms with Gasteiger partial charge in [-0.05, 0) is 48.6 Å². The van der Waals surface area contributed by atoms with E-state index in [1.54, 1.807) is 0 Å². The Hall–Kier alpha value is -3.60. The molecular formula is C31H33N3O2. The molecule has 0 spiro atoms. The number of fused-ring (bicyclic) bond motifs is 3. The molecule has 2 aliphatic heterocycles. The van der Waals surface area contributed by atoms with Crippen molar-refractivity contribution in [2.24, 2.45) is 11.8 Å². The van der Waals surface area contributed by atoms with E-state index in [0.717, 1.165) is 44.3 Å². The van der Waals surface area contributed by atoms with Gasteiger partial charge in [0.05, 0.1) is 18.0 Å². The number of amides is 2. The van der Waals surface area contributed by atoms with E-state index in [4.69, 9.17) is 0 Å². The molecule has 5 atom stereocenters. The number of nitrogens with zero attached hydrogens (tertiary/aromatic N) is 1. The summed E-state index contributed by atoms with van der Waals surface area (Å²) in [4.78, 5) is 29.3. The van der Waals surface area contributed by atoms with Gasteiger partial charge in [0.2, 0.25) is 5.91 Å². The SMILES string of the molecule is O=C(N[C@@H]1CCCC[C@@H]1C(=O)N1CC[C@H]2[C@H](c3ccccc3)Nc3ccccc3[C@@H]21)c1ccccc1. The molecule has 2 amide bonds. The Labute approximate surface area is 212 Å². The molecule has 2 N–H and O–H groups in total. The quantitative estimate of drug-likeness (QED) is 0.502. The third-order valence-electron chi connectivity index (χ3n) is 8.34. The van der Waals surface area contributed by atoms with Crippen LogP contribution in [0.4, 0.5) is 5.69 Å². The van der Waals surface area contributed by atoms with Gasteiger partial charge in [0.25, 0.3) is 5.91 Å². The van der Waals surface area contributed by atoms with Crippen molar-refractivity contribution in [2.45, 2.75) is 50.2 Å². The van der Waals surface area contributed by atoms with Crippen molar-refractivity contribution in [3.05, 3.63) is 102 Å². The zero-order valence-electron chi connectivity index (χ0n) is 20.5. The van der Waals surface area contributed by atoms with E-state index in [2.05, 4.69) is 70.1 Å². The van der Waals surface area contributed by atoms with Gasteiger partial charge in [-0.1, -0.05) is 79.6 Å². The Morgan fingerprint density at radius 3 is 2.31 bits per heavy atom. The Morgan fingerprint density at radius 2 is 1.50 bits per heavy atom. The predicted molar refractivity (Wildman–Crippen MR) is 141 cm³/mol. The Bertz CT molecular complexity index is 1230. The minimum absolute atomic E-state index is 0.0487. The molecule has 2 heterocycles. The standard InChI is InChI=1S/C31H33N3O2/c35-30(22-13-5-2-6-14-22)33-27-18-10-8-16-24(27)31(36)34-20-19-25-28(21-11-3-1-4-12-21)32-26-17-9-7-15-23(26)29(25)34/h1-7,9,11-15,17,24-25,27-29,32H,8,10,16,18-20H2,(H,33,35)/t24-,25-,27+,28-,29-/m0/s1. The number of hydrogen-bond donors (Lipinski definition) is 2. The van der Waals surface area contributed by atoms with E-state index in [1.807, 2.05) is 30.3 Å². The molecule has 1 saturated heterocycles. The van der Waals surface area contributed by atoms with Crippen LogP contribution < -0.4 is 10.6 Å². The first-order chi connectivity index (χ1) is 17.7. The van der Waals surface area contributed by atoms with Gasteiger partial charge in [0, 0.05) is 29.8 Å². The number of likely N-dealkylation sites (tertiary alicyclic amines) is 1. The van der Waals surface area contributed by atoms with E-state index in [9.17, 15) is 9.59 Å². The van der Waals surface area contributed by atoms with Crippen LogP contribution in [0.15, 0.2) is 84.9 Å². The van der Waals surface area contributed by atoms with Gasteiger partial charge in [-0.2, -0.15) is 0 Å². The molecule has 1 saturated carbocycles. The highest BCUT2D eigenvalue weighted by Crippen LogP contribution is 2.51. The molecule has 6 rings (SSSR count). The Morgan fingerprint density at radius 1 is 0.806 bits per heavy atom. The zero-order chi connectivity index (χ0) is 24.5. The van der Waals surface area contributed by atoms with E-state index in [1.165, 1.54) is 11.1 Å². The second-order valence-corrected chi connectivity index (χ2v) is 10.4. The highest BCUT2D eigenvalue weighted by Gasteiger charge is 2.48. The highest BCUT2D eigenvalue weighted by atomic mass is 16.2. The summed E-state index contributed by atoms with van der Waals surface area (Å²) in [5, 5.41) is 7.00. The van der Waals surface area contributed by atoms with Gasteiger partial charge in [-0.3, -0.25) is 9.59 Å². The fourth-order valence-corrected chi connectivity index (χ4v) is 6.62. The smallest absolute Gasteiger partial charge is 0.251 e. The maximum absolute atomic E-state index is 14.2. The van der Waals surface area contributed by atoms with Gasteiger partial charge in [0.1, 0.15) is 0 Å². The second kappa shape index (κ2) is 9.81. The van der Waals surface area contributed by atoms with Crippen molar-refractivity contribution < 1.29 is 9.59 Å². The first kappa shape index (κ1) is 22.8. The van der Waals surface area contributed by atoms with Crippen molar-refractivity contribution in [1.82, 2.24) is 10.2 Å². The Kier molecular flexibility index (Phi) is 6.22. The molecule has 0 aromatic heterocycles. The number of para-hydroxylation sites is 1. The lowest BCUT2D eigenvalue weighted by atomic mass is 9.79. The summed E-state index contributed by atoms with van der Waals surface area (Å²) in [6.07, 6.45) is 4.71. The van der Waals surface area contributed by atoms with Crippen molar-refractivity contribution in [3.63, 3.8) is 0 Å². The molecule has 36 heavy (non-hydrogen) atoms. The number of carbonyl (C=O) groups is 2. The number of nitrogens with one attached hydrogen (secondary N) is 2. The van der Waals surface area contributed by atoms with E-state index >= 15 is 0 Å². The molecule has 0 unspecified atom stereocenters. The summed E-state index contributed by atoms with van der Waals surface area (Å²) >= 11 is 0. The van der Waals surface area contributed by atoms with Gasteiger partial charge in [0.15, 0.2) is 0 Å². The summed E-state index contributed by atoms with van der Waals surface area (Å²) < 4.78 is 0. The maximum atomic E-state index is 14.2. The average molecular weight is 480 g/mol. The molecule has 0 radical (unpaired) electrons. The van der Waals surface area contributed by atoms with Crippen LogP contribution in [0.5, 0.6) is 0 Å². The largest absolute Gasteiger partial charge is 0.378 e. The Balaban J connectivity index is 1.28. The number of carbonyl (C=O) groups excluding carboxylic acids is 2. The van der Waals surface area contributed by atoms with Gasteiger partial charge in [-0.25, -0.2) is 0 Å². The van der Waals surface area contributed by atoms with Crippen LogP contribution in [0.2, 0.25) is 0 Å². The van der Waals surface area contributed by atoms with E-state index in [-0.39, 0.29) is 35.9 Å². The fourth-order valence-electron chi connectivity index (χ4n) is 6.62. The fraction of sp³-hybridized carbons (Fsp3) is 0.355. The summed E-state index contributed by atoms with van der Waals surface area (Å²) in [6, 6.07) is 28.4. The predicted octanol–water partition coefficient (Wildman–Crippen LogP) is 5.73. The topological polar surface area (TPSA) is 61.4 Å².